The Labute approximate surface area is 135 Å². The van der Waals surface area contributed by atoms with Gasteiger partial charge in [0, 0.05) is 17.3 Å². The summed E-state index contributed by atoms with van der Waals surface area (Å²) in [6.45, 7) is 0. The maximum absolute atomic E-state index is 12.3. The van der Waals surface area contributed by atoms with E-state index >= 15 is 0 Å². The molecule has 3 aromatic heterocycles. The molecule has 0 saturated carbocycles. The summed E-state index contributed by atoms with van der Waals surface area (Å²) in [6, 6.07) is 13.0. The van der Waals surface area contributed by atoms with E-state index in [4.69, 9.17) is 16.0 Å². The van der Waals surface area contributed by atoms with Crippen molar-refractivity contribution in [3.63, 3.8) is 0 Å². The van der Waals surface area contributed by atoms with Crippen molar-refractivity contribution in [1.29, 1.82) is 0 Å². The lowest BCUT2D eigenvalue weighted by Gasteiger charge is -2.03. The third-order valence-corrected chi connectivity index (χ3v) is 3.77. The summed E-state index contributed by atoms with van der Waals surface area (Å²) in [7, 11) is 0. The highest BCUT2D eigenvalue weighted by Crippen LogP contribution is 2.38. The normalized spacial score (nSPS) is 11.0. The molecule has 0 unspecified atom stereocenters. The van der Waals surface area contributed by atoms with Crippen molar-refractivity contribution in [3.05, 3.63) is 70.5 Å². The van der Waals surface area contributed by atoms with Crippen molar-refractivity contribution in [3.8, 4) is 22.5 Å². The van der Waals surface area contributed by atoms with E-state index in [2.05, 4.69) is 15.0 Å². The number of halogens is 1. The molecule has 4 rings (SSSR count). The molecule has 0 bridgehead atoms. The molecule has 0 saturated heterocycles. The zero-order valence-electron chi connectivity index (χ0n) is 11.8. The van der Waals surface area contributed by atoms with Crippen molar-refractivity contribution in [1.82, 2.24) is 15.0 Å². The second kappa shape index (κ2) is 5.37. The lowest BCUT2D eigenvalue weighted by molar-refractivity contribution is 0.617. The van der Waals surface area contributed by atoms with Gasteiger partial charge in [-0.15, -0.1) is 0 Å². The Balaban J connectivity index is 2.10. The Morgan fingerprint density at radius 2 is 1.83 bits per heavy atom. The van der Waals surface area contributed by atoms with Crippen molar-refractivity contribution in [2.45, 2.75) is 0 Å². The summed E-state index contributed by atoms with van der Waals surface area (Å²) >= 11 is 5.85. The van der Waals surface area contributed by atoms with Crippen LogP contribution in [-0.2, 0) is 0 Å². The van der Waals surface area contributed by atoms with E-state index in [9.17, 15) is 4.79 Å². The Bertz CT molecular complexity index is 1040. The molecule has 0 spiro atoms. The average molecular weight is 324 g/mol. The number of pyridine rings is 1. The molecule has 0 fully saturated rings. The second-order valence-electron chi connectivity index (χ2n) is 4.95. The van der Waals surface area contributed by atoms with Gasteiger partial charge in [-0.1, -0.05) is 41.9 Å². The molecule has 0 aliphatic rings. The van der Waals surface area contributed by atoms with Crippen LogP contribution in [0.1, 0.15) is 0 Å². The number of fused-ring (bicyclic) bond motifs is 1. The van der Waals surface area contributed by atoms with E-state index in [0.717, 1.165) is 11.1 Å². The zero-order chi connectivity index (χ0) is 15.8. The summed E-state index contributed by atoms with van der Waals surface area (Å²) in [5.41, 5.74) is 2.34. The van der Waals surface area contributed by atoms with E-state index in [1.165, 1.54) is 6.33 Å². The molecule has 1 N–H and O–H groups in total. The van der Waals surface area contributed by atoms with Crippen LogP contribution in [0.2, 0.25) is 5.15 Å². The molecule has 23 heavy (non-hydrogen) atoms. The molecule has 0 aliphatic carbocycles. The first-order valence-corrected chi connectivity index (χ1v) is 7.29. The fourth-order valence-corrected chi connectivity index (χ4v) is 2.65. The highest BCUT2D eigenvalue weighted by molar-refractivity contribution is 6.29. The summed E-state index contributed by atoms with van der Waals surface area (Å²) in [5, 5.41) is 0.811. The van der Waals surface area contributed by atoms with E-state index < -0.39 is 0 Å². The van der Waals surface area contributed by atoms with Gasteiger partial charge in [0.05, 0.1) is 6.33 Å². The first-order valence-electron chi connectivity index (χ1n) is 6.91. The van der Waals surface area contributed by atoms with Crippen LogP contribution in [0.25, 0.3) is 33.6 Å². The van der Waals surface area contributed by atoms with Crippen LogP contribution < -0.4 is 5.56 Å². The molecular weight excluding hydrogens is 314 g/mol. The summed E-state index contributed by atoms with van der Waals surface area (Å²) in [4.78, 5) is 23.1. The predicted octanol–water partition coefficient (Wildman–Crippen LogP) is 3.90. The minimum absolute atomic E-state index is 0.245. The lowest BCUT2D eigenvalue weighted by Crippen LogP contribution is -2.05. The highest BCUT2D eigenvalue weighted by Gasteiger charge is 2.20. The van der Waals surface area contributed by atoms with Crippen LogP contribution in [0.15, 0.2) is 64.2 Å². The predicted molar refractivity (Wildman–Crippen MR) is 88.3 cm³/mol. The molecule has 1 aromatic carbocycles. The van der Waals surface area contributed by atoms with Crippen molar-refractivity contribution in [2.24, 2.45) is 0 Å². The Hall–Kier alpha value is -2.92. The smallest absolute Gasteiger partial charge is 0.262 e. The summed E-state index contributed by atoms with van der Waals surface area (Å²) in [6.07, 6.45) is 2.94. The standard InChI is InChI=1S/C17H10ClN3O2/c18-12-7-6-11(8-19-12)15-13(10-4-2-1-3-5-10)14-16(22)20-9-21-17(14)23-15/h1-9H,(H,20,21,22). The Morgan fingerprint density at radius 3 is 2.57 bits per heavy atom. The van der Waals surface area contributed by atoms with Crippen molar-refractivity contribution >= 4 is 22.7 Å². The number of nitrogens with zero attached hydrogens (tertiary/aromatic N) is 2. The maximum atomic E-state index is 12.3. The summed E-state index contributed by atoms with van der Waals surface area (Å²) in [5.74, 6) is 0.541. The van der Waals surface area contributed by atoms with Gasteiger partial charge in [0.25, 0.3) is 5.56 Å². The molecule has 0 radical (unpaired) electrons. The third kappa shape index (κ3) is 2.31. The fourth-order valence-electron chi connectivity index (χ4n) is 2.54. The number of hydrogen-bond donors (Lipinski definition) is 1. The first kappa shape index (κ1) is 13.7. The number of furan rings is 1. The molecule has 4 aromatic rings. The SMILES string of the molecule is O=c1[nH]cnc2oc(-c3ccc(Cl)nc3)c(-c3ccccc3)c12. The van der Waals surface area contributed by atoms with Crippen LogP contribution in [0.3, 0.4) is 0 Å². The first-order chi connectivity index (χ1) is 11.2. The number of rotatable bonds is 2. The van der Waals surface area contributed by atoms with E-state index in [-0.39, 0.29) is 11.3 Å². The number of benzene rings is 1. The molecule has 3 heterocycles. The minimum Gasteiger partial charge on any atom is -0.437 e. The average Bonchev–Trinajstić information content (AvgIpc) is 2.97. The van der Waals surface area contributed by atoms with Gasteiger partial charge in [-0.3, -0.25) is 4.79 Å². The highest BCUT2D eigenvalue weighted by atomic mass is 35.5. The largest absolute Gasteiger partial charge is 0.437 e. The molecule has 112 valence electrons. The van der Waals surface area contributed by atoms with Gasteiger partial charge in [-0.2, -0.15) is 0 Å². The van der Waals surface area contributed by atoms with Gasteiger partial charge in [-0.25, -0.2) is 9.97 Å². The summed E-state index contributed by atoms with van der Waals surface area (Å²) < 4.78 is 5.85. The van der Waals surface area contributed by atoms with Crippen molar-refractivity contribution in [2.75, 3.05) is 0 Å². The van der Waals surface area contributed by atoms with Gasteiger partial charge in [-0.05, 0) is 17.7 Å². The maximum Gasteiger partial charge on any atom is 0.262 e. The van der Waals surface area contributed by atoms with Crippen LogP contribution >= 0.6 is 11.6 Å². The van der Waals surface area contributed by atoms with Crippen LogP contribution in [-0.4, -0.2) is 15.0 Å². The minimum atomic E-state index is -0.245. The van der Waals surface area contributed by atoms with E-state index in [0.29, 0.717) is 21.9 Å². The van der Waals surface area contributed by atoms with Crippen LogP contribution in [0, 0.1) is 0 Å². The molecule has 0 atom stereocenters. The number of hydrogen-bond acceptors (Lipinski definition) is 4. The monoisotopic (exact) mass is 323 g/mol. The quantitative estimate of drug-likeness (QED) is 0.568. The fraction of sp³-hybridized carbons (Fsp3) is 0. The van der Waals surface area contributed by atoms with E-state index in [1.54, 1.807) is 18.3 Å². The molecule has 0 amide bonds. The number of aromatic nitrogens is 3. The Morgan fingerprint density at radius 1 is 1.00 bits per heavy atom. The molecule has 6 heteroatoms. The van der Waals surface area contributed by atoms with Crippen LogP contribution in [0.4, 0.5) is 0 Å². The molecule has 0 aliphatic heterocycles. The second-order valence-corrected chi connectivity index (χ2v) is 5.34. The van der Waals surface area contributed by atoms with Gasteiger partial charge in [0.1, 0.15) is 16.3 Å². The third-order valence-electron chi connectivity index (χ3n) is 3.55. The van der Waals surface area contributed by atoms with E-state index in [1.807, 2.05) is 30.3 Å². The number of aromatic amines is 1. The van der Waals surface area contributed by atoms with Gasteiger partial charge in [0.15, 0.2) is 0 Å². The number of H-pyrrole nitrogens is 1. The van der Waals surface area contributed by atoms with Gasteiger partial charge < -0.3 is 9.40 Å². The van der Waals surface area contributed by atoms with Gasteiger partial charge >= 0.3 is 0 Å². The topological polar surface area (TPSA) is 71.8 Å². The van der Waals surface area contributed by atoms with Crippen molar-refractivity contribution < 1.29 is 4.42 Å². The Kier molecular flexibility index (Phi) is 3.20. The molecular formula is C17H10ClN3O2. The zero-order valence-corrected chi connectivity index (χ0v) is 12.5. The molecule has 5 nitrogen and oxygen atoms in total. The number of nitrogens with one attached hydrogen (secondary N) is 1. The lowest BCUT2D eigenvalue weighted by atomic mass is 10.0. The van der Waals surface area contributed by atoms with Crippen LogP contribution in [0.5, 0.6) is 0 Å². The van der Waals surface area contributed by atoms with Gasteiger partial charge in [0.2, 0.25) is 5.71 Å².